The van der Waals surface area contributed by atoms with Gasteiger partial charge < -0.3 is 0 Å². The largest absolute Gasteiger partial charge is 0.231 e. The molecule has 0 aromatic carbocycles. The van der Waals surface area contributed by atoms with Gasteiger partial charge in [-0.1, -0.05) is 13.3 Å². The molecule has 0 aliphatic carbocycles. The summed E-state index contributed by atoms with van der Waals surface area (Å²) in [6, 6.07) is 0. The molecule has 0 aromatic heterocycles. The second-order valence-electron chi connectivity index (χ2n) is 3.60. The maximum atomic E-state index is 5.63. The van der Waals surface area contributed by atoms with E-state index in [0.29, 0.717) is 0 Å². The molecule has 0 aromatic rings. The summed E-state index contributed by atoms with van der Waals surface area (Å²) in [6.45, 7) is 8.19. The SMILES string of the molecule is CCC/C=N\N(N)C(C)(C)C. The van der Waals surface area contributed by atoms with Crippen LogP contribution in [0.3, 0.4) is 0 Å². The van der Waals surface area contributed by atoms with Crippen LogP contribution in [-0.2, 0) is 0 Å². The Balaban J connectivity index is 3.77. The van der Waals surface area contributed by atoms with E-state index in [1.807, 2.05) is 27.0 Å². The molecule has 2 N–H and O–H groups in total. The molecule has 0 aliphatic heterocycles. The van der Waals surface area contributed by atoms with Crippen molar-refractivity contribution in [2.45, 2.75) is 46.1 Å². The second-order valence-corrected chi connectivity index (χ2v) is 3.60. The number of nitrogens with two attached hydrogens (primary N) is 1. The minimum absolute atomic E-state index is 0.0791. The number of unbranched alkanes of at least 4 members (excludes halogenated alkanes) is 1. The van der Waals surface area contributed by atoms with Crippen molar-refractivity contribution in [2.75, 3.05) is 0 Å². The Bertz CT molecular complexity index is 124. The van der Waals surface area contributed by atoms with Crippen molar-refractivity contribution in [1.82, 2.24) is 5.12 Å². The van der Waals surface area contributed by atoms with Gasteiger partial charge in [-0.25, -0.2) is 11.0 Å². The van der Waals surface area contributed by atoms with Crippen LogP contribution in [0.1, 0.15) is 40.5 Å². The van der Waals surface area contributed by atoms with Gasteiger partial charge in [0.25, 0.3) is 0 Å². The third kappa shape index (κ3) is 4.79. The monoisotopic (exact) mass is 157 g/mol. The van der Waals surface area contributed by atoms with Crippen molar-refractivity contribution in [3.05, 3.63) is 0 Å². The van der Waals surface area contributed by atoms with Crippen LogP contribution >= 0.6 is 0 Å². The van der Waals surface area contributed by atoms with E-state index in [4.69, 9.17) is 5.84 Å². The molecule has 0 atom stereocenters. The summed E-state index contributed by atoms with van der Waals surface area (Å²) in [5.41, 5.74) is -0.0791. The first-order chi connectivity index (χ1) is 4.98. The lowest BCUT2D eigenvalue weighted by Crippen LogP contribution is -2.42. The van der Waals surface area contributed by atoms with E-state index >= 15 is 0 Å². The molecule has 66 valence electrons. The van der Waals surface area contributed by atoms with Crippen molar-refractivity contribution in [3.8, 4) is 0 Å². The predicted octanol–water partition coefficient (Wildman–Crippen LogP) is 1.75. The highest BCUT2D eigenvalue weighted by Gasteiger charge is 2.14. The van der Waals surface area contributed by atoms with Gasteiger partial charge in [-0.05, 0) is 27.2 Å². The van der Waals surface area contributed by atoms with Gasteiger partial charge in [-0.15, -0.1) is 0 Å². The lowest BCUT2D eigenvalue weighted by molar-refractivity contribution is 0.146. The van der Waals surface area contributed by atoms with Gasteiger partial charge in [-0.3, -0.25) is 0 Å². The number of hydrogen-bond acceptors (Lipinski definition) is 3. The maximum Gasteiger partial charge on any atom is 0.0663 e. The molecule has 0 aliphatic rings. The molecule has 0 rings (SSSR count). The summed E-state index contributed by atoms with van der Waals surface area (Å²) in [5.74, 6) is 5.63. The van der Waals surface area contributed by atoms with E-state index in [1.165, 1.54) is 5.12 Å². The smallest absolute Gasteiger partial charge is 0.0663 e. The van der Waals surface area contributed by atoms with Crippen LogP contribution in [0.25, 0.3) is 0 Å². The Labute approximate surface area is 69.2 Å². The highest BCUT2D eigenvalue weighted by atomic mass is 15.6. The highest BCUT2D eigenvalue weighted by molar-refractivity contribution is 5.56. The molecule has 0 amide bonds. The number of nitrogens with zero attached hydrogens (tertiary/aromatic N) is 2. The summed E-state index contributed by atoms with van der Waals surface area (Å²) in [7, 11) is 0. The fourth-order valence-corrected chi connectivity index (χ4v) is 0.448. The average molecular weight is 157 g/mol. The van der Waals surface area contributed by atoms with Crippen LogP contribution < -0.4 is 5.84 Å². The zero-order valence-electron chi connectivity index (χ0n) is 7.96. The molecule has 0 bridgehead atoms. The van der Waals surface area contributed by atoms with Gasteiger partial charge >= 0.3 is 0 Å². The fourth-order valence-electron chi connectivity index (χ4n) is 0.448. The summed E-state index contributed by atoms with van der Waals surface area (Å²) in [6.07, 6.45) is 3.95. The van der Waals surface area contributed by atoms with Gasteiger partial charge in [0.15, 0.2) is 0 Å². The number of hydrazine groups is 1. The van der Waals surface area contributed by atoms with E-state index in [-0.39, 0.29) is 5.54 Å². The Morgan fingerprint density at radius 2 is 2.00 bits per heavy atom. The quantitative estimate of drug-likeness (QED) is 0.385. The van der Waals surface area contributed by atoms with Crippen molar-refractivity contribution in [3.63, 3.8) is 0 Å². The highest BCUT2D eigenvalue weighted by Crippen LogP contribution is 2.07. The molecule has 3 nitrogen and oxygen atoms in total. The Kier molecular flexibility index (Phi) is 4.11. The fraction of sp³-hybridized carbons (Fsp3) is 0.875. The molecule has 0 unspecified atom stereocenters. The molecule has 0 saturated heterocycles. The van der Waals surface area contributed by atoms with E-state index in [1.54, 1.807) is 0 Å². The molecule has 0 radical (unpaired) electrons. The zero-order chi connectivity index (χ0) is 8.91. The van der Waals surface area contributed by atoms with E-state index < -0.39 is 0 Å². The van der Waals surface area contributed by atoms with Gasteiger partial charge in [0.05, 0.1) is 5.54 Å². The molecular formula is C8H19N3. The Morgan fingerprint density at radius 1 is 1.45 bits per heavy atom. The average Bonchev–Trinajstić information content (AvgIpc) is 1.86. The summed E-state index contributed by atoms with van der Waals surface area (Å²) in [5, 5.41) is 5.56. The number of hydrazone groups is 1. The number of hydrogen-bond donors (Lipinski definition) is 1. The molecule has 11 heavy (non-hydrogen) atoms. The molecular weight excluding hydrogens is 138 g/mol. The minimum atomic E-state index is -0.0791. The van der Waals surface area contributed by atoms with Crippen molar-refractivity contribution < 1.29 is 0 Å². The number of rotatable bonds is 3. The molecule has 0 saturated carbocycles. The van der Waals surface area contributed by atoms with Gasteiger partial charge in [0.1, 0.15) is 0 Å². The van der Waals surface area contributed by atoms with Crippen molar-refractivity contribution in [2.24, 2.45) is 10.9 Å². The van der Waals surface area contributed by atoms with Crippen molar-refractivity contribution >= 4 is 6.21 Å². The molecule has 3 heteroatoms. The van der Waals surface area contributed by atoms with Gasteiger partial charge in [-0.2, -0.15) is 5.10 Å². The molecule has 0 heterocycles. The minimum Gasteiger partial charge on any atom is -0.231 e. The third-order valence-corrected chi connectivity index (χ3v) is 1.31. The lowest BCUT2D eigenvalue weighted by atomic mass is 10.1. The summed E-state index contributed by atoms with van der Waals surface area (Å²) < 4.78 is 0. The van der Waals surface area contributed by atoms with Crippen LogP contribution in [0, 0.1) is 0 Å². The second kappa shape index (κ2) is 4.34. The summed E-state index contributed by atoms with van der Waals surface area (Å²) >= 11 is 0. The molecule has 0 spiro atoms. The lowest BCUT2D eigenvalue weighted by Gasteiger charge is -2.27. The van der Waals surface area contributed by atoms with Crippen LogP contribution in [0.15, 0.2) is 5.10 Å². The van der Waals surface area contributed by atoms with Crippen LogP contribution in [0.2, 0.25) is 0 Å². The molecule has 0 fully saturated rings. The third-order valence-electron chi connectivity index (χ3n) is 1.31. The van der Waals surface area contributed by atoms with Crippen LogP contribution in [0.4, 0.5) is 0 Å². The van der Waals surface area contributed by atoms with E-state index in [2.05, 4.69) is 12.0 Å². The van der Waals surface area contributed by atoms with Gasteiger partial charge in [0, 0.05) is 6.21 Å². The first kappa shape index (κ1) is 10.4. The van der Waals surface area contributed by atoms with Crippen molar-refractivity contribution in [1.29, 1.82) is 0 Å². The van der Waals surface area contributed by atoms with E-state index in [9.17, 15) is 0 Å². The van der Waals surface area contributed by atoms with Gasteiger partial charge in [0.2, 0.25) is 0 Å². The maximum absolute atomic E-state index is 5.63. The Morgan fingerprint density at radius 3 is 2.36 bits per heavy atom. The van der Waals surface area contributed by atoms with Crippen LogP contribution in [-0.4, -0.2) is 16.9 Å². The standard InChI is InChI=1S/C8H19N3/c1-5-6-7-10-11(9)8(2,3)4/h7H,5-6,9H2,1-4H3/b10-7-. The zero-order valence-corrected chi connectivity index (χ0v) is 7.96. The summed E-state index contributed by atoms with van der Waals surface area (Å²) in [4.78, 5) is 0. The topological polar surface area (TPSA) is 41.6 Å². The predicted molar refractivity (Wildman–Crippen MR) is 49.2 cm³/mol. The first-order valence-corrected chi connectivity index (χ1v) is 4.06. The first-order valence-electron chi connectivity index (χ1n) is 4.06. The normalized spacial score (nSPS) is 12.5. The van der Waals surface area contributed by atoms with Crippen LogP contribution in [0.5, 0.6) is 0 Å². The Hall–Kier alpha value is -0.570. The van der Waals surface area contributed by atoms with E-state index in [0.717, 1.165) is 12.8 Å².